The molecule has 110 valence electrons. The Hall–Kier alpha value is -1.71. The van der Waals surface area contributed by atoms with Gasteiger partial charge in [0, 0.05) is 28.3 Å². The molecule has 5 heteroatoms. The van der Waals surface area contributed by atoms with E-state index in [1.54, 1.807) is 30.1 Å². The SMILES string of the molecule is CC(c1ccc(Cl)cc1)N(C)C(=O)c1cc(N)cc(Cl)c1. The van der Waals surface area contributed by atoms with E-state index in [1.807, 2.05) is 31.2 Å². The molecule has 0 aliphatic rings. The Kier molecular flexibility index (Phi) is 4.76. The van der Waals surface area contributed by atoms with Gasteiger partial charge in [0.05, 0.1) is 6.04 Å². The van der Waals surface area contributed by atoms with Gasteiger partial charge in [0.15, 0.2) is 0 Å². The average Bonchev–Trinajstić information content (AvgIpc) is 2.44. The lowest BCUT2D eigenvalue weighted by molar-refractivity contribution is 0.0742. The summed E-state index contributed by atoms with van der Waals surface area (Å²) >= 11 is 11.8. The van der Waals surface area contributed by atoms with Crippen LogP contribution >= 0.6 is 23.2 Å². The smallest absolute Gasteiger partial charge is 0.254 e. The van der Waals surface area contributed by atoms with Gasteiger partial charge in [-0.2, -0.15) is 0 Å². The molecular formula is C16H16Cl2N2O. The maximum absolute atomic E-state index is 12.5. The number of rotatable bonds is 3. The minimum Gasteiger partial charge on any atom is -0.399 e. The van der Waals surface area contributed by atoms with Crippen LogP contribution in [0.3, 0.4) is 0 Å². The van der Waals surface area contributed by atoms with Crippen molar-refractivity contribution in [1.29, 1.82) is 0 Å². The molecule has 2 N–H and O–H groups in total. The highest BCUT2D eigenvalue weighted by atomic mass is 35.5. The molecule has 3 nitrogen and oxygen atoms in total. The molecular weight excluding hydrogens is 307 g/mol. The van der Waals surface area contributed by atoms with E-state index in [9.17, 15) is 4.79 Å². The van der Waals surface area contributed by atoms with E-state index in [0.29, 0.717) is 21.3 Å². The Bertz CT molecular complexity index is 636. The first-order chi connectivity index (χ1) is 9.88. The molecule has 0 aromatic heterocycles. The Morgan fingerprint density at radius 2 is 1.71 bits per heavy atom. The van der Waals surface area contributed by atoms with Crippen LogP contribution in [-0.4, -0.2) is 17.9 Å². The summed E-state index contributed by atoms with van der Waals surface area (Å²) in [6.07, 6.45) is 0. The maximum Gasteiger partial charge on any atom is 0.254 e. The molecule has 1 amide bonds. The van der Waals surface area contributed by atoms with E-state index < -0.39 is 0 Å². The minimum absolute atomic E-state index is 0.0880. The van der Waals surface area contributed by atoms with Crippen molar-refractivity contribution in [3.8, 4) is 0 Å². The van der Waals surface area contributed by atoms with Gasteiger partial charge < -0.3 is 10.6 Å². The lowest BCUT2D eigenvalue weighted by Gasteiger charge is -2.25. The number of nitrogens with two attached hydrogens (primary N) is 1. The summed E-state index contributed by atoms with van der Waals surface area (Å²) in [5.41, 5.74) is 7.68. The number of hydrogen-bond acceptors (Lipinski definition) is 2. The lowest BCUT2D eigenvalue weighted by atomic mass is 10.1. The molecule has 2 aromatic carbocycles. The van der Waals surface area contributed by atoms with Gasteiger partial charge in [-0.15, -0.1) is 0 Å². The molecule has 0 radical (unpaired) electrons. The van der Waals surface area contributed by atoms with Crippen molar-refractivity contribution in [2.45, 2.75) is 13.0 Å². The number of nitrogen functional groups attached to an aromatic ring is 1. The largest absolute Gasteiger partial charge is 0.399 e. The number of nitrogens with zero attached hydrogens (tertiary/aromatic N) is 1. The van der Waals surface area contributed by atoms with Crippen molar-refractivity contribution in [2.24, 2.45) is 0 Å². The van der Waals surface area contributed by atoms with Gasteiger partial charge in [-0.1, -0.05) is 35.3 Å². The Morgan fingerprint density at radius 1 is 1.10 bits per heavy atom. The molecule has 21 heavy (non-hydrogen) atoms. The second kappa shape index (κ2) is 6.37. The third-order valence-electron chi connectivity index (χ3n) is 3.42. The fourth-order valence-electron chi connectivity index (χ4n) is 2.08. The summed E-state index contributed by atoms with van der Waals surface area (Å²) in [4.78, 5) is 14.2. The number of halogens is 2. The summed E-state index contributed by atoms with van der Waals surface area (Å²) in [7, 11) is 1.75. The standard InChI is InChI=1S/C16H16Cl2N2O/c1-10(11-3-5-13(17)6-4-11)20(2)16(21)12-7-14(18)9-15(19)8-12/h3-10H,19H2,1-2H3. The number of anilines is 1. The lowest BCUT2D eigenvalue weighted by Crippen LogP contribution is -2.29. The number of carbonyl (C=O) groups is 1. The molecule has 0 aliphatic carbocycles. The summed E-state index contributed by atoms with van der Waals surface area (Å²) in [5, 5.41) is 1.12. The molecule has 0 heterocycles. The molecule has 0 fully saturated rings. The van der Waals surface area contributed by atoms with E-state index in [4.69, 9.17) is 28.9 Å². The van der Waals surface area contributed by atoms with Crippen molar-refractivity contribution >= 4 is 34.8 Å². The Balaban J connectivity index is 2.23. The first kappa shape index (κ1) is 15.7. The van der Waals surface area contributed by atoms with E-state index in [0.717, 1.165) is 5.56 Å². The van der Waals surface area contributed by atoms with Crippen molar-refractivity contribution in [3.63, 3.8) is 0 Å². The van der Waals surface area contributed by atoms with E-state index in [-0.39, 0.29) is 11.9 Å². The van der Waals surface area contributed by atoms with Gasteiger partial charge in [-0.3, -0.25) is 4.79 Å². The molecule has 0 bridgehead atoms. The van der Waals surface area contributed by atoms with E-state index in [2.05, 4.69) is 0 Å². The topological polar surface area (TPSA) is 46.3 Å². The van der Waals surface area contributed by atoms with Crippen LogP contribution < -0.4 is 5.73 Å². The van der Waals surface area contributed by atoms with Crippen molar-refractivity contribution in [1.82, 2.24) is 4.90 Å². The van der Waals surface area contributed by atoms with Gasteiger partial charge in [0.1, 0.15) is 0 Å². The summed E-state index contributed by atoms with van der Waals surface area (Å²) < 4.78 is 0. The molecule has 2 rings (SSSR count). The zero-order chi connectivity index (χ0) is 15.6. The Labute approximate surface area is 134 Å². The molecule has 1 unspecified atom stereocenters. The highest BCUT2D eigenvalue weighted by Crippen LogP contribution is 2.24. The molecule has 0 saturated heterocycles. The number of hydrogen-bond donors (Lipinski definition) is 1. The van der Waals surface area contributed by atoms with Crippen molar-refractivity contribution < 1.29 is 4.79 Å². The first-order valence-corrected chi connectivity index (χ1v) is 7.23. The molecule has 0 saturated carbocycles. The van der Waals surface area contributed by atoms with E-state index in [1.165, 1.54) is 0 Å². The summed E-state index contributed by atoms with van der Waals surface area (Å²) in [6, 6.07) is 12.2. The third-order valence-corrected chi connectivity index (χ3v) is 3.89. The Morgan fingerprint density at radius 3 is 2.29 bits per heavy atom. The van der Waals surface area contributed by atoms with Crippen LogP contribution in [0.5, 0.6) is 0 Å². The molecule has 0 spiro atoms. The predicted octanol–water partition coefficient (Wildman–Crippen LogP) is 4.41. The molecule has 1 atom stereocenters. The van der Waals surface area contributed by atoms with Crippen LogP contribution in [0.1, 0.15) is 28.9 Å². The van der Waals surface area contributed by atoms with Crippen LogP contribution in [0.25, 0.3) is 0 Å². The van der Waals surface area contributed by atoms with Crippen LogP contribution in [0.4, 0.5) is 5.69 Å². The van der Waals surface area contributed by atoms with Crippen LogP contribution in [0, 0.1) is 0 Å². The van der Waals surface area contributed by atoms with Gasteiger partial charge in [-0.25, -0.2) is 0 Å². The average molecular weight is 323 g/mol. The first-order valence-electron chi connectivity index (χ1n) is 6.47. The fourth-order valence-corrected chi connectivity index (χ4v) is 2.45. The molecule has 2 aromatic rings. The summed E-state index contributed by atoms with van der Waals surface area (Å²) in [6.45, 7) is 1.95. The van der Waals surface area contributed by atoms with Gasteiger partial charge in [0.2, 0.25) is 0 Å². The fraction of sp³-hybridized carbons (Fsp3) is 0.188. The van der Waals surface area contributed by atoms with Crippen molar-refractivity contribution in [3.05, 3.63) is 63.6 Å². The van der Waals surface area contributed by atoms with Crippen LogP contribution in [-0.2, 0) is 0 Å². The number of benzene rings is 2. The second-order valence-electron chi connectivity index (χ2n) is 4.92. The summed E-state index contributed by atoms with van der Waals surface area (Å²) in [5.74, 6) is -0.133. The van der Waals surface area contributed by atoms with E-state index >= 15 is 0 Å². The number of amides is 1. The zero-order valence-corrected chi connectivity index (χ0v) is 13.3. The number of carbonyl (C=O) groups excluding carboxylic acids is 1. The highest BCUT2D eigenvalue weighted by Gasteiger charge is 2.19. The quantitative estimate of drug-likeness (QED) is 0.851. The third kappa shape index (κ3) is 3.69. The maximum atomic E-state index is 12.5. The van der Waals surface area contributed by atoms with Gasteiger partial charge >= 0.3 is 0 Å². The van der Waals surface area contributed by atoms with Crippen molar-refractivity contribution in [2.75, 3.05) is 12.8 Å². The van der Waals surface area contributed by atoms with Gasteiger partial charge in [0.25, 0.3) is 5.91 Å². The normalized spacial score (nSPS) is 12.0. The predicted molar refractivity (Wildman–Crippen MR) is 87.8 cm³/mol. The zero-order valence-electron chi connectivity index (χ0n) is 11.8. The van der Waals surface area contributed by atoms with Crippen LogP contribution in [0.2, 0.25) is 10.0 Å². The van der Waals surface area contributed by atoms with Gasteiger partial charge in [-0.05, 0) is 42.8 Å². The molecule has 0 aliphatic heterocycles. The minimum atomic E-state index is -0.133. The van der Waals surface area contributed by atoms with Crippen LogP contribution in [0.15, 0.2) is 42.5 Å². The second-order valence-corrected chi connectivity index (χ2v) is 5.79. The highest BCUT2D eigenvalue weighted by molar-refractivity contribution is 6.31. The monoisotopic (exact) mass is 322 g/mol.